The topological polar surface area (TPSA) is 93.5 Å². The van der Waals surface area contributed by atoms with E-state index in [1.807, 2.05) is 24.3 Å². The van der Waals surface area contributed by atoms with Crippen molar-refractivity contribution in [3.63, 3.8) is 0 Å². The zero-order valence-corrected chi connectivity index (χ0v) is 13.3. The Morgan fingerprint density at radius 3 is 2.91 bits per heavy atom. The first-order valence-electron chi connectivity index (χ1n) is 6.37. The Kier molecular flexibility index (Phi) is 5.29. The molecule has 22 heavy (non-hydrogen) atoms. The van der Waals surface area contributed by atoms with Crippen molar-refractivity contribution in [2.45, 2.75) is 6.10 Å². The first-order chi connectivity index (χ1) is 10.5. The maximum absolute atomic E-state index is 11.9. The summed E-state index contributed by atoms with van der Waals surface area (Å²) in [5.41, 5.74) is 0.972. The number of nitrogens with zero attached hydrogens (tertiary/aromatic N) is 2. The molecule has 1 heterocycles. The third-order valence-electron chi connectivity index (χ3n) is 2.82. The summed E-state index contributed by atoms with van der Waals surface area (Å²) in [6, 6.07) is 8.99. The number of carbonyl (C=O) groups excluding carboxylic acids is 2. The van der Waals surface area contributed by atoms with Crippen molar-refractivity contribution in [2.75, 3.05) is 13.7 Å². The van der Waals surface area contributed by atoms with E-state index in [-0.39, 0.29) is 12.2 Å². The van der Waals surface area contributed by atoms with Gasteiger partial charge in [0.15, 0.2) is 11.8 Å². The van der Waals surface area contributed by atoms with Gasteiger partial charge in [0, 0.05) is 10.7 Å². The van der Waals surface area contributed by atoms with E-state index < -0.39 is 18.0 Å². The molecule has 1 aromatic heterocycles. The third kappa shape index (κ3) is 3.92. The number of carbonyl (C=O) groups is 2. The van der Waals surface area contributed by atoms with Gasteiger partial charge in [0.05, 0.1) is 19.3 Å². The lowest BCUT2D eigenvalue weighted by Gasteiger charge is -2.08. The summed E-state index contributed by atoms with van der Waals surface area (Å²) in [5.74, 6) is -1.29. The Labute approximate surface area is 135 Å². The molecule has 8 heteroatoms. The number of halogens is 1. The molecule has 0 bridgehead atoms. The fraction of sp³-hybridized carbons (Fsp3) is 0.214. The molecule has 2 N–H and O–H groups in total. The molecule has 116 valence electrons. The van der Waals surface area contributed by atoms with Crippen LogP contribution in [0, 0.1) is 0 Å². The van der Waals surface area contributed by atoms with Gasteiger partial charge >= 0.3 is 5.97 Å². The number of hydrogen-bond acceptors (Lipinski definition) is 5. The van der Waals surface area contributed by atoms with E-state index in [1.54, 1.807) is 16.9 Å². The molecule has 0 aliphatic carbocycles. The normalized spacial score (nSPS) is 11.8. The van der Waals surface area contributed by atoms with E-state index in [1.165, 1.54) is 0 Å². The Morgan fingerprint density at radius 1 is 1.45 bits per heavy atom. The van der Waals surface area contributed by atoms with Crippen LogP contribution in [0.3, 0.4) is 0 Å². The monoisotopic (exact) mass is 367 g/mol. The SMILES string of the molecule is COC(=O)[C@@H](O)CNC(=O)c1ccn(-c2cccc(Br)c2)n1. The first-order valence-corrected chi connectivity index (χ1v) is 7.16. The number of amides is 1. The van der Waals surface area contributed by atoms with Gasteiger partial charge in [0.25, 0.3) is 5.91 Å². The molecule has 1 atom stereocenters. The van der Waals surface area contributed by atoms with E-state index in [9.17, 15) is 14.7 Å². The van der Waals surface area contributed by atoms with Gasteiger partial charge in [0.1, 0.15) is 0 Å². The highest BCUT2D eigenvalue weighted by molar-refractivity contribution is 9.10. The van der Waals surface area contributed by atoms with Crippen LogP contribution in [0.4, 0.5) is 0 Å². The minimum Gasteiger partial charge on any atom is -0.467 e. The molecular formula is C14H14BrN3O4. The minimum absolute atomic E-state index is 0.178. The summed E-state index contributed by atoms with van der Waals surface area (Å²) < 4.78 is 6.81. The third-order valence-corrected chi connectivity index (χ3v) is 3.32. The van der Waals surface area contributed by atoms with Crippen molar-refractivity contribution in [3.8, 4) is 5.69 Å². The summed E-state index contributed by atoms with van der Waals surface area (Å²) in [6.45, 7) is -0.241. The molecule has 0 unspecified atom stereocenters. The second-order valence-corrected chi connectivity index (χ2v) is 5.29. The maximum Gasteiger partial charge on any atom is 0.336 e. The van der Waals surface area contributed by atoms with Crippen LogP contribution in [-0.4, -0.2) is 46.5 Å². The lowest BCUT2D eigenvalue weighted by molar-refractivity contribution is -0.149. The second-order valence-electron chi connectivity index (χ2n) is 4.37. The standard InChI is InChI=1S/C14H14BrN3O4/c1-22-14(21)12(19)8-16-13(20)11-5-6-18(17-11)10-4-2-3-9(15)7-10/h2-7,12,19H,8H2,1H3,(H,16,20)/t12-/m0/s1. The molecule has 2 aromatic rings. The molecule has 1 amide bonds. The molecule has 0 aliphatic heterocycles. The maximum atomic E-state index is 11.9. The Morgan fingerprint density at radius 2 is 2.23 bits per heavy atom. The van der Waals surface area contributed by atoms with Gasteiger partial charge in [-0.15, -0.1) is 0 Å². The van der Waals surface area contributed by atoms with Crippen molar-refractivity contribution in [1.82, 2.24) is 15.1 Å². The predicted octanol–water partition coefficient (Wildman–Crippen LogP) is 0.898. The highest BCUT2D eigenvalue weighted by Crippen LogP contribution is 2.15. The number of hydrogen-bond donors (Lipinski definition) is 2. The van der Waals surface area contributed by atoms with Gasteiger partial charge in [-0.25, -0.2) is 9.48 Å². The van der Waals surface area contributed by atoms with Gasteiger partial charge < -0.3 is 15.2 Å². The molecule has 0 spiro atoms. The number of rotatable bonds is 5. The number of aromatic nitrogens is 2. The number of benzene rings is 1. The number of ether oxygens (including phenoxy) is 1. The second kappa shape index (κ2) is 7.19. The van der Waals surface area contributed by atoms with Crippen molar-refractivity contribution >= 4 is 27.8 Å². The van der Waals surface area contributed by atoms with Crippen LogP contribution in [0.2, 0.25) is 0 Å². The lowest BCUT2D eigenvalue weighted by atomic mass is 10.3. The summed E-state index contributed by atoms with van der Waals surface area (Å²) in [4.78, 5) is 22.9. The average Bonchev–Trinajstić information content (AvgIpc) is 3.01. The molecule has 7 nitrogen and oxygen atoms in total. The quantitative estimate of drug-likeness (QED) is 0.765. The van der Waals surface area contributed by atoms with Crippen LogP contribution in [0.5, 0.6) is 0 Å². The van der Waals surface area contributed by atoms with Gasteiger partial charge in [-0.2, -0.15) is 5.10 Å². The fourth-order valence-corrected chi connectivity index (χ4v) is 2.09. The van der Waals surface area contributed by atoms with Crippen molar-refractivity contribution < 1.29 is 19.4 Å². The summed E-state index contributed by atoms with van der Waals surface area (Å²) >= 11 is 3.36. The number of aliphatic hydroxyl groups excluding tert-OH is 1. The van der Waals surface area contributed by atoms with E-state index in [0.29, 0.717) is 0 Å². The van der Waals surface area contributed by atoms with Crippen LogP contribution in [0.25, 0.3) is 5.69 Å². The predicted molar refractivity (Wildman–Crippen MR) is 81.6 cm³/mol. The first kappa shape index (κ1) is 16.2. The van der Waals surface area contributed by atoms with E-state index in [4.69, 9.17) is 0 Å². The molecule has 2 rings (SSSR count). The highest BCUT2D eigenvalue weighted by atomic mass is 79.9. The molecule has 0 radical (unpaired) electrons. The molecule has 0 aliphatic rings. The van der Waals surface area contributed by atoms with Gasteiger partial charge in [0.2, 0.25) is 0 Å². The minimum atomic E-state index is -1.40. The van der Waals surface area contributed by atoms with Gasteiger partial charge in [-0.3, -0.25) is 4.79 Å². The Bertz CT molecular complexity index is 686. The highest BCUT2D eigenvalue weighted by Gasteiger charge is 2.17. The summed E-state index contributed by atoms with van der Waals surface area (Å²) in [7, 11) is 1.16. The summed E-state index contributed by atoms with van der Waals surface area (Å²) in [6.07, 6.45) is 0.245. The van der Waals surface area contributed by atoms with E-state index in [0.717, 1.165) is 17.3 Å². The molecule has 1 aromatic carbocycles. The zero-order chi connectivity index (χ0) is 16.1. The van der Waals surface area contributed by atoms with Crippen LogP contribution in [-0.2, 0) is 9.53 Å². The van der Waals surface area contributed by atoms with Crippen LogP contribution in [0.1, 0.15) is 10.5 Å². The Balaban J connectivity index is 2.02. The number of esters is 1. The van der Waals surface area contributed by atoms with Crippen LogP contribution < -0.4 is 5.32 Å². The molecular weight excluding hydrogens is 354 g/mol. The molecule has 0 saturated heterocycles. The van der Waals surface area contributed by atoms with Crippen LogP contribution in [0.15, 0.2) is 41.0 Å². The van der Waals surface area contributed by atoms with Crippen molar-refractivity contribution in [2.24, 2.45) is 0 Å². The fourth-order valence-electron chi connectivity index (χ4n) is 1.71. The summed E-state index contributed by atoms with van der Waals surface area (Å²) in [5, 5.41) is 16.0. The van der Waals surface area contributed by atoms with Gasteiger partial charge in [-0.05, 0) is 24.3 Å². The zero-order valence-electron chi connectivity index (χ0n) is 11.7. The van der Waals surface area contributed by atoms with Crippen LogP contribution >= 0.6 is 15.9 Å². The number of nitrogens with one attached hydrogen (secondary N) is 1. The number of methoxy groups -OCH3 is 1. The lowest BCUT2D eigenvalue weighted by Crippen LogP contribution is -2.37. The van der Waals surface area contributed by atoms with E-state index in [2.05, 4.69) is 31.1 Å². The smallest absolute Gasteiger partial charge is 0.336 e. The van der Waals surface area contributed by atoms with Crippen molar-refractivity contribution in [3.05, 3.63) is 46.7 Å². The molecule has 0 fully saturated rings. The van der Waals surface area contributed by atoms with Gasteiger partial charge in [-0.1, -0.05) is 22.0 Å². The number of aliphatic hydroxyl groups is 1. The van der Waals surface area contributed by atoms with E-state index >= 15 is 0 Å². The average molecular weight is 368 g/mol. The largest absolute Gasteiger partial charge is 0.467 e. The molecule has 0 saturated carbocycles. The Hall–Kier alpha value is -2.19. The van der Waals surface area contributed by atoms with Crippen molar-refractivity contribution in [1.29, 1.82) is 0 Å².